The van der Waals surface area contributed by atoms with E-state index in [0.29, 0.717) is 6.61 Å². The maximum absolute atomic E-state index is 5.55. The van der Waals surface area contributed by atoms with Crippen LogP contribution < -0.4 is 4.74 Å². The van der Waals surface area contributed by atoms with Crippen molar-refractivity contribution in [2.24, 2.45) is 0 Å². The van der Waals surface area contributed by atoms with Gasteiger partial charge in [-0.25, -0.2) is 0 Å². The zero-order valence-corrected chi connectivity index (χ0v) is 8.46. The third-order valence-corrected chi connectivity index (χ3v) is 2.04. The van der Waals surface area contributed by atoms with Crippen molar-refractivity contribution in [3.63, 3.8) is 0 Å². The monoisotopic (exact) mass is 206 g/mol. The molecule has 0 aromatic heterocycles. The molecular formula is C12H14O3. The second-order valence-electron chi connectivity index (χ2n) is 3.32. The molecule has 2 unspecified atom stereocenters. The molecule has 80 valence electrons. The number of epoxide rings is 1. The summed E-state index contributed by atoms with van der Waals surface area (Å²) in [7, 11) is 0. The fraction of sp³-hybridized carbons (Fsp3) is 0.333. The van der Waals surface area contributed by atoms with E-state index in [4.69, 9.17) is 14.2 Å². The lowest BCUT2D eigenvalue weighted by molar-refractivity contribution is -0.0506. The second kappa shape index (κ2) is 4.96. The van der Waals surface area contributed by atoms with E-state index >= 15 is 0 Å². The first-order chi connectivity index (χ1) is 7.38. The highest BCUT2D eigenvalue weighted by Crippen LogP contribution is 2.14. The minimum Gasteiger partial charge on any atom is -0.461 e. The molecule has 0 amide bonds. The van der Waals surface area contributed by atoms with Gasteiger partial charge in [0.05, 0.1) is 13.2 Å². The zero-order valence-electron chi connectivity index (χ0n) is 8.46. The molecule has 0 spiro atoms. The number of hydrogen-bond acceptors (Lipinski definition) is 3. The summed E-state index contributed by atoms with van der Waals surface area (Å²) in [4.78, 5) is 0. The molecule has 0 saturated carbocycles. The first kappa shape index (κ1) is 10.2. The number of hydrogen-bond donors (Lipinski definition) is 0. The fourth-order valence-electron chi connectivity index (χ4n) is 1.15. The van der Waals surface area contributed by atoms with Crippen LogP contribution in [-0.4, -0.2) is 25.6 Å². The normalized spacial score (nSPS) is 20.7. The summed E-state index contributed by atoms with van der Waals surface area (Å²) >= 11 is 0. The molecule has 0 N–H and O–H groups in total. The van der Waals surface area contributed by atoms with Crippen LogP contribution in [0.1, 0.15) is 0 Å². The van der Waals surface area contributed by atoms with Crippen LogP contribution in [-0.2, 0) is 9.47 Å². The van der Waals surface area contributed by atoms with Crippen LogP contribution >= 0.6 is 0 Å². The lowest BCUT2D eigenvalue weighted by Crippen LogP contribution is -2.20. The Balaban J connectivity index is 1.81. The number of ether oxygens (including phenoxy) is 3. The van der Waals surface area contributed by atoms with Crippen molar-refractivity contribution in [1.29, 1.82) is 0 Å². The largest absolute Gasteiger partial charge is 0.461 e. The summed E-state index contributed by atoms with van der Waals surface area (Å²) in [5.41, 5.74) is 0. The number of benzene rings is 1. The summed E-state index contributed by atoms with van der Waals surface area (Å²) in [5, 5.41) is 0. The molecule has 2 rings (SSSR count). The van der Waals surface area contributed by atoms with E-state index in [1.54, 1.807) is 6.08 Å². The van der Waals surface area contributed by atoms with E-state index in [1.807, 2.05) is 30.3 Å². The number of rotatable bonds is 6. The van der Waals surface area contributed by atoms with Gasteiger partial charge in [0.25, 0.3) is 0 Å². The first-order valence-corrected chi connectivity index (χ1v) is 4.96. The average Bonchev–Trinajstić information content (AvgIpc) is 3.09. The van der Waals surface area contributed by atoms with Gasteiger partial charge in [-0.2, -0.15) is 0 Å². The van der Waals surface area contributed by atoms with Gasteiger partial charge in [-0.1, -0.05) is 24.8 Å². The second-order valence-corrected chi connectivity index (χ2v) is 3.32. The Morgan fingerprint density at radius 3 is 2.80 bits per heavy atom. The van der Waals surface area contributed by atoms with Crippen molar-refractivity contribution in [2.75, 3.05) is 13.2 Å². The van der Waals surface area contributed by atoms with Gasteiger partial charge in [-0.05, 0) is 18.2 Å². The minimum absolute atomic E-state index is 0.242. The first-order valence-electron chi connectivity index (χ1n) is 4.96. The molecule has 0 bridgehead atoms. The van der Waals surface area contributed by atoms with E-state index in [9.17, 15) is 0 Å². The highest BCUT2D eigenvalue weighted by Gasteiger charge is 2.23. The standard InChI is InChI=1S/C12H14O3/c1-2-12(14-9-11-8-13-11)15-10-6-4-3-5-7-10/h2-7,11-12H,1,8-9H2. The highest BCUT2D eigenvalue weighted by molar-refractivity contribution is 5.21. The predicted octanol–water partition coefficient (Wildman–Crippen LogP) is 1.99. The predicted molar refractivity (Wildman–Crippen MR) is 56.7 cm³/mol. The quantitative estimate of drug-likeness (QED) is 0.405. The van der Waals surface area contributed by atoms with Gasteiger partial charge in [0, 0.05) is 0 Å². The van der Waals surface area contributed by atoms with E-state index in [-0.39, 0.29) is 6.10 Å². The summed E-state index contributed by atoms with van der Waals surface area (Å²) in [6.45, 7) is 5.01. The molecule has 1 saturated heterocycles. The molecule has 0 aliphatic carbocycles. The molecule has 1 heterocycles. The van der Waals surface area contributed by atoms with Crippen LogP contribution in [0.15, 0.2) is 43.0 Å². The summed E-state index contributed by atoms with van der Waals surface area (Å²) in [5.74, 6) is 0.777. The Hall–Kier alpha value is -1.32. The fourth-order valence-corrected chi connectivity index (χ4v) is 1.15. The molecule has 0 radical (unpaired) electrons. The van der Waals surface area contributed by atoms with Crippen LogP contribution in [0.5, 0.6) is 5.75 Å². The Kier molecular flexibility index (Phi) is 3.37. The molecule has 2 atom stereocenters. The Morgan fingerprint density at radius 2 is 2.20 bits per heavy atom. The molecule has 15 heavy (non-hydrogen) atoms. The molecule has 1 aliphatic heterocycles. The minimum atomic E-state index is -0.406. The van der Waals surface area contributed by atoms with Crippen LogP contribution in [0, 0.1) is 0 Å². The Bertz CT molecular complexity index is 306. The van der Waals surface area contributed by atoms with E-state index in [1.165, 1.54) is 0 Å². The molecule has 1 aromatic rings. The molecule has 1 fully saturated rings. The van der Waals surface area contributed by atoms with Gasteiger partial charge < -0.3 is 14.2 Å². The number of para-hydroxylation sites is 1. The van der Waals surface area contributed by atoms with E-state index in [0.717, 1.165) is 12.4 Å². The summed E-state index contributed by atoms with van der Waals surface area (Å²) < 4.78 is 16.0. The average molecular weight is 206 g/mol. The van der Waals surface area contributed by atoms with Gasteiger partial charge in [-0.15, -0.1) is 0 Å². The molecule has 3 nitrogen and oxygen atoms in total. The van der Waals surface area contributed by atoms with Crippen molar-refractivity contribution in [3.8, 4) is 5.75 Å². The maximum atomic E-state index is 5.55. The molecular weight excluding hydrogens is 192 g/mol. The van der Waals surface area contributed by atoms with Crippen LogP contribution in [0.4, 0.5) is 0 Å². The zero-order chi connectivity index (χ0) is 10.5. The summed E-state index contributed by atoms with van der Waals surface area (Å²) in [6.07, 6.45) is 1.47. The van der Waals surface area contributed by atoms with Crippen LogP contribution in [0.3, 0.4) is 0 Å². The van der Waals surface area contributed by atoms with Gasteiger partial charge in [-0.3, -0.25) is 0 Å². The highest BCUT2D eigenvalue weighted by atomic mass is 16.7. The van der Waals surface area contributed by atoms with Crippen LogP contribution in [0.2, 0.25) is 0 Å². The van der Waals surface area contributed by atoms with Crippen molar-refractivity contribution in [2.45, 2.75) is 12.4 Å². The van der Waals surface area contributed by atoms with Crippen molar-refractivity contribution < 1.29 is 14.2 Å². The van der Waals surface area contributed by atoms with Gasteiger partial charge in [0.15, 0.2) is 0 Å². The molecule has 1 aliphatic rings. The SMILES string of the molecule is C=CC(OCC1CO1)Oc1ccccc1. The van der Waals surface area contributed by atoms with Gasteiger partial charge in [0.1, 0.15) is 11.9 Å². The van der Waals surface area contributed by atoms with E-state index < -0.39 is 6.29 Å². The maximum Gasteiger partial charge on any atom is 0.219 e. The lowest BCUT2D eigenvalue weighted by atomic mass is 10.3. The van der Waals surface area contributed by atoms with Gasteiger partial charge >= 0.3 is 0 Å². The smallest absolute Gasteiger partial charge is 0.219 e. The van der Waals surface area contributed by atoms with E-state index in [2.05, 4.69) is 6.58 Å². The third-order valence-electron chi connectivity index (χ3n) is 2.04. The van der Waals surface area contributed by atoms with Crippen LogP contribution in [0.25, 0.3) is 0 Å². The van der Waals surface area contributed by atoms with Crippen molar-refractivity contribution in [1.82, 2.24) is 0 Å². The lowest BCUT2D eigenvalue weighted by Gasteiger charge is -2.15. The summed E-state index contributed by atoms with van der Waals surface area (Å²) in [6, 6.07) is 9.54. The van der Waals surface area contributed by atoms with Crippen molar-refractivity contribution in [3.05, 3.63) is 43.0 Å². The van der Waals surface area contributed by atoms with Gasteiger partial charge in [0.2, 0.25) is 6.29 Å². The Morgan fingerprint density at radius 1 is 1.47 bits per heavy atom. The topological polar surface area (TPSA) is 31.0 Å². The molecule has 3 heteroatoms. The third kappa shape index (κ3) is 3.38. The van der Waals surface area contributed by atoms with Crippen molar-refractivity contribution >= 4 is 0 Å². The Labute approximate surface area is 89.3 Å². The molecule has 1 aromatic carbocycles.